The predicted octanol–water partition coefficient (Wildman–Crippen LogP) is 6.86. The molecule has 4 rings (SSSR count). The molecule has 0 aliphatic rings. The van der Waals surface area contributed by atoms with E-state index >= 15 is 0 Å². The average Bonchev–Trinajstić information content (AvgIpc) is 3.20. The molecule has 4 aromatic rings. The number of hydrogen-bond acceptors (Lipinski definition) is 0. The van der Waals surface area contributed by atoms with E-state index in [0.29, 0.717) is 0 Å². The van der Waals surface area contributed by atoms with Crippen molar-refractivity contribution in [2.24, 2.45) is 0 Å². The van der Waals surface area contributed by atoms with Crippen LogP contribution in [0.5, 0.6) is 0 Å². The predicted molar refractivity (Wildman–Crippen MR) is 107 cm³/mol. The van der Waals surface area contributed by atoms with E-state index in [0.717, 1.165) is 12.8 Å². The zero-order valence-electron chi connectivity index (χ0n) is 15.7. The molecule has 0 radical (unpaired) electrons. The van der Waals surface area contributed by atoms with E-state index in [1.807, 2.05) is 0 Å². The zero-order valence-corrected chi connectivity index (χ0v) is 19.3. The normalized spacial score (nSPS) is 10.4. The van der Waals surface area contributed by atoms with Crippen molar-refractivity contribution >= 4 is 21.5 Å². The van der Waals surface area contributed by atoms with Crippen LogP contribution in [0.3, 0.4) is 0 Å². The summed E-state index contributed by atoms with van der Waals surface area (Å²) in [5, 5.41) is 5.59. The summed E-state index contributed by atoms with van der Waals surface area (Å²) in [7, 11) is 0. The monoisotopic (exact) mass is 494 g/mol. The van der Waals surface area contributed by atoms with Crippen molar-refractivity contribution in [2.75, 3.05) is 0 Å². The molecule has 0 saturated carbocycles. The first-order valence-corrected chi connectivity index (χ1v) is 8.92. The second-order valence-electron chi connectivity index (χ2n) is 6.59. The zero-order chi connectivity index (χ0) is 17.1. The molecule has 0 heterocycles. The minimum atomic E-state index is 0. The average molecular weight is 493 g/mol. The smallest absolute Gasteiger partial charge is 0 e. The molecule has 0 nitrogen and oxygen atoms in total. The molecule has 1 heteroatoms. The van der Waals surface area contributed by atoms with Gasteiger partial charge >= 0.3 is 0 Å². The molecule has 0 fully saturated rings. The second kappa shape index (κ2) is 8.76. The van der Waals surface area contributed by atoms with E-state index in [1.165, 1.54) is 43.8 Å². The quantitative estimate of drug-likeness (QED) is 0.212. The number of aryl methyl sites for hydroxylation is 4. The van der Waals surface area contributed by atoms with E-state index in [-0.39, 0.29) is 25.8 Å². The van der Waals surface area contributed by atoms with Gasteiger partial charge < -0.3 is 0 Å². The Kier molecular flexibility index (Phi) is 6.95. The molecule has 0 bridgehead atoms. The summed E-state index contributed by atoms with van der Waals surface area (Å²) in [5.74, 6) is 0. The Balaban J connectivity index is 0.000000173. The Hall–Kier alpha value is -1.47. The fourth-order valence-electron chi connectivity index (χ4n) is 3.31. The van der Waals surface area contributed by atoms with Crippen LogP contribution in [-0.2, 0) is 38.7 Å². The van der Waals surface area contributed by atoms with Crippen LogP contribution < -0.4 is 0 Å². The van der Waals surface area contributed by atoms with E-state index in [4.69, 9.17) is 0 Å². The van der Waals surface area contributed by atoms with Gasteiger partial charge in [0.2, 0.25) is 0 Å². The van der Waals surface area contributed by atoms with Crippen LogP contribution in [0.4, 0.5) is 0 Å². The third-order valence-electron chi connectivity index (χ3n) is 4.87. The molecule has 0 aromatic heterocycles. The fraction of sp³-hybridized carbons (Fsp3) is 0.250. The maximum absolute atomic E-state index is 2.30. The van der Waals surface area contributed by atoms with Crippen molar-refractivity contribution in [3.8, 4) is 0 Å². The number of hydrogen-bond donors (Lipinski definition) is 0. The van der Waals surface area contributed by atoms with E-state index < -0.39 is 0 Å². The van der Waals surface area contributed by atoms with Crippen LogP contribution in [-0.4, -0.2) is 0 Å². The largest absolute Gasteiger partial charge is 0.165 e. The van der Waals surface area contributed by atoms with Gasteiger partial charge in [-0.1, -0.05) is 37.1 Å². The summed E-state index contributed by atoms with van der Waals surface area (Å²) >= 11 is 0. The summed E-state index contributed by atoms with van der Waals surface area (Å²) in [6.07, 6.45) is 2.27. The van der Waals surface area contributed by atoms with Crippen molar-refractivity contribution in [1.82, 2.24) is 0 Å². The van der Waals surface area contributed by atoms with Gasteiger partial charge in [0, 0.05) is 25.8 Å². The summed E-state index contributed by atoms with van der Waals surface area (Å²) in [4.78, 5) is 0. The van der Waals surface area contributed by atoms with Crippen LogP contribution in [0.15, 0.2) is 60.7 Å². The van der Waals surface area contributed by atoms with Crippen molar-refractivity contribution < 1.29 is 25.8 Å². The second-order valence-corrected chi connectivity index (χ2v) is 6.59. The van der Waals surface area contributed by atoms with Gasteiger partial charge in [-0.2, -0.15) is 12.1 Å². The molecule has 0 aliphatic heterocycles. The summed E-state index contributed by atoms with van der Waals surface area (Å²) in [6, 6.07) is 22.1. The van der Waals surface area contributed by atoms with Gasteiger partial charge in [-0.3, -0.25) is 0 Å². The van der Waals surface area contributed by atoms with E-state index in [9.17, 15) is 0 Å². The van der Waals surface area contributed by atoms with Gasteiger partial charge in [0.15, 0.2) is 0 Å². The topological polar surface area (TPSA) is 0 Å². The number of rotatable bonds is 2. The fourth-order valence-corrected chi connectivity index (χ4v) is 3.31. The number of fused-ring (bicyclic) bond motifs is 2. The molecule has 0 saturated heterocycles. The van der Waals surface area contributed by atoms with E-state index in [2.05, 4.69) is 88.4 Å². The first kappa shape index (κ1) is 19.8. The molecule has 0 N–H and O–H groups in total. The van der Waals surface area contributed by atoms with Crippen LogP contribution in [0.2, 0.25) is 0 Å². The maximum Gasteiger partial charge on any atom is 0 e. The molecule has 0 aliphatic carbocycles. The van der Waals surface area contributed by atoms with Crippen LogP contribution in [0.1, 0.15) is 36.1 Å². The van der Waals surface area contributed by atoms with Crippen molar-refractivity contribution in [2.45, 2.75) is 40.5 Å². The van der Waals surface area contributed by atoms with Gasteiger partial charge in [0.25, 0.3) is 0 Å². The Morgan fingerprint density at radius 2 is 1.08 bits per heavy atom. The Morgan fingerprint density at radius 1 is 0.680 bits per heavy atom. The maximum atomic E-state index is 2.30. The summed E-state index contributed by atoms with van der Waals surface area (Å²) in [6.45, 7) is 8.73. The minimum absolute atomic E-state index is 0. The van der Waals surface area contributed by atoms with Gasteiger partial charge in [0.05, 0.1) is 0 Å². The molecule has 0 unspecified atom stereocenters. The number of benzene rings is 2. The minimum Gasteiger partial charge on any atom is -0.165 e. The van der Waals surface area contributed by atoms with Crippen molar-refractivity contribution in [1.29, 1.82) is 0 Å². The molecule has 0 spiro atoms. The summed E-state index contributed by atoms with van der Waals surface area (Å²) in [5.41, 5.74) is 5.65. The molecule has 0 amide bonds. The SMILES string of the molecule is CCc1cc2c(C)cccc2[cH-]1.CCc1cc2c(C)cccc2[cH-]1.[Hf]. The molecular formula is C24H26Hf-2. The third kappa shape index (κ3) is 4.39. The Bertz CT molecular complexity index is 873. The van der Waals surface area contributed by atoms with Gasteiger partial charge in [0.1, 0.15) is 0 Å². The molecule has 4 aromatic carbocycles. The molecular weight excluding hydrogens is 467 g/mol. The third-order valence-corrected chi connectivity index (χ3v) is 4.87. The van der Waals surface area contributed by atoms with Gasteiger partial charge in [-0.25, -0.2) is 0 Å². The van der Waals surface area contributed by atoms with Crippen LogP contribution >= 0.6 is 0 Å². The van der Waals surface area contributed by atoms with Crippen molar-refractivity contribution in [3.63, 3.8) is 0 Å². The van der Waals surface area contributed by atoms with Crippen LogP contribution in [0, 0.1) is 13.8 Å². The van der Waals surface area contributed by atoms with E-state index in [1.54, 1.807) is 0 Å². The van der Waals surface area contributed by atoms with Gasteiger partial charge in [-0.15, -0.1) is 69.1 Å². The van der Waals surface area contributed by atoms with Gasteiger partial charge in [-0.05, 0) is 26.7 Å². The Morgan fingerprint density at radius 3 is 1.40 bits per heavy atom. The van der Waals surface area contributed by atoms with Crippen LogP contribution in [0.25, 0.3) is 21.5 Å². The standard InChI is InChI=1S/2C12H13.Hf/c2*1-3-10-7-11-6-4-5-9(2)12(11)8-10;/h2*4-8H,3H2,1-2H3;/q2*-1;. The summed E-state index contributed by atoms with van der Waals surface area (Å²) < 4.78 is 0. The Labute approximate surface area is 170 Å². The molecule has 0 atom stereocenters. The first-order chi connectivity index (χ1) is 11.6. The molecule has 128 valence electrons. The first-order valence-electron chi connectivity index (χ1n) is 8.92. The van der Waals surface area contributed by atoms with Crippen molar-refractivity contribution in [3.05, 3.63) is 82.9 Å². The molecule has 25 heavy (non-hydrogen) atoms.